The van der Waals surface area contributed by atoms with Crippen molar-refractivity contribution < 1.29 is 18.7 Å². The molecule has 2 heterocycles. The zero-order valence-electron chi connectivity index (χ0n) is 16.3. The van der Waals surface area contributed by atoms with Crippen LogP contribution in [-0.4, -0.2) is 28.1 Å². The van der Waals surface area contributed by atoms with Gasteiger partial charge in [-0.15, -0.1) is 5.10 Å². The van der Waals surface area contributed by atoms with Gasteiger partial charge in [0.1, 0.15) is 6.61 Å². The van der Waals surface area contributed by atoms with Gasteiger partial charge in [0, 0.05) is 17.6 Å². The quantitative estimate of drug-likeness (QED) is 0.373. The number of carbonyl (C=O) groups is 1. The highest BCUT2D eigenvalue weighted by Gasteiger charge is 2.21. The van der Waals surface area contributed by atoms with Crippen LogP contribution in [-0.2, 0) is 13.0 Å². The zero-order valence-corrected chi connectivity index (χ0v) is 17.8. The van der Waals surface area contributed by atoms with Gasteiger partial charge in [-0.3, -0.25) is 9.89 Å². The van der Waals surface area contributed by atoms with Crippen LogP contribution in [0, 0.1) is 5.82 Å². The lowest BCUT2D eigenvalue weighted by Crippen LogP contribution is -2.09. The zero-order chi connectivity index (χ0) is 22.0. The Hall–Kier alpha value is -3.16. The number of hydrogen-bond donors (Lipinski definition) is 1. The maximum absolute atomic E-state index is 15.1. The van der Waals surface area contributed by atoms with E-state index in [1.165, 1.54) is 25.4 Å². The van der Waals surface area contributed by atoms with E-state index in [1.54, 1.807) is 30.3 Å². The molecule has 4 rings (SSSR count). The number of Topliss-reactive ketones (excluding diaryl/α,β-unsaturated/α-hetero) is 1. The third kappa shape index (κ3) is 4.47. The highest BCUT2D eigenvalue weighted by Crippen LogP contribution is 2.30. The number of halogens is 3. The molecule has 0 fully saturated rings. The molecule has 0 unspecified atom stereocenters. The Morgan fingerprint density at radius 1 is 1.16 bits per heavy atom. The summed E-state index contributed by atoms with van der Waals surface area (Å²) < 4.78 is 25.8. The predicted octanol–water partition coefficient (Wildman–Crippen LogP) is 5.42. The van der Waals surface area contributed by atoms with Crippen molar-refractivity contribution in [3.05, 3.63) is 81.2 Å². The Balaban J connectivity index is 1.57. The number of aromatic nitrogens is 3. The number of ketones is 1. The van der Waals surface area contributed by atoms with Crippen molar-refractivity contribution in [3.63, 3.8) is 0 Å². The van der Waals surface area contributed by atoms with Crippen LogP contribution >= 0.6 is 23.2 Å². The number of nitrogens with one attached hydrogen (secondary N) is 1. The third-order valence-electron chi connectivity index (χ3n) is 4.61. The fourth-order valence-corrected chi connectivity index (χ4v) is 3.60. The van der Waals surface area contributed by atoms with E-state index in [-0.39, 0.29) is 29.4 Å². The van der Waals surface area contributed by atoms with Crippen LogP contribution < -0.4 is 9.47 Å². The summed E-state index contributed by atoms with van der Waals surface area (Å²) in [7, 11) is 1.48. The van der Waals surface area contributed by atoms with Crippen LogP contribution in [0.5, 0.6) is 11.6 Å². The lowest BCUT2D eigenvalue weighted by molar-refractivity contribution is 0.0988. The molecule has 2 aromatic heterocycles. The predicted molar refractivity (Wildman–Crippen MR) is 116 cm³/mol. The van der Waals surface area contributed by atoms with E-state index in [4.69, 9.17) is 32.7 Å². The van der Waals surface area contributed by atoms with Crippen molar-refractivity contribution in [1.29, 1.82) is 0 Å². The average molecular weight is 460 g/mol. The number of benzene rings is 2. The van der Waals surface area contributed by atoms with E-state index in [0.29, 0.717) is 27.5 Å². The summed E-state index contributed by atoms with van der Waals surface area (Å²) in [5, 5.41) is 7.89. The molecule has 0 saturated heterocycles. The van der Waals surface area contributed by atoms with Gasteiger partial charge >= 0.3 is 0 Å². The molecule has 0 spiro atoms. The number of hydrogen-bond acceptors (Lipinski definition) is 5. The SMILES string of the molecule is COc1n[nH]c2ncc(CC(=O)c3c(Cl)ccc(OCc4cccc(Cl)c4)c3F)cc12. The summed E-state index contributed by atoms with van der Waals surface area (Å²) in [5.74, 6) is -1.02. The molecular formula is C22H16Cl2FN3O3. The first kappa shape index (κ1) is 21.1. The topological polar surface area (TPSA) is 77.1 Å². The van der Waals surface area contributed by atoms with Crippen molar-refractivity contribution in [2.75, 3.05) is 7.11 Å². The summed E-state index contributed by atoms with van der Waals surface area (Å²) >= 11 is 12.1. The second-order valence-electron chi connectivity index (χ2n) is 6.73. The standard InChI is InChI=1S/C22H16Cl2FN3O3/c1-30-22-15-8-13(10-26-21(15)27-28-22)9-17(29)19-16(24)5-6-18(20(19)25)31-11-12-3-2-4-14(23)7-12/h2-8,10H,9,11H2,1H3,(H,26,27,28). The third-order valence-corrected chi connectivity index (χ3v) is 5.16. The molecule has 6 nitrogen and oxygen atoms in total. The maximum atomic E-state index is 15.1. The van der Waals surface area contributed by atoms with Gasteiger partial charge in [0.2, 0.25) is 5.88 Å². The molecule has 0 aliphatic carbocycles. The molecule has 0 atom stereocenters. The Morgan fingerprint density at radius 3 is 2.77 bits per heavy atom. The average Bonchev–Trinajstić information content (AvgIpc) is 3.15. The number of methoxy groups -OCH3 is 1. The Morgan fingerprint density at radius 2 is 2.00 bits per heavy atom. The summed E-state index contributed by atoms with van der Waals surface area (Å²) in [6.45, 7) is 0.0909. The van der Waals surface area contributed by atoms with E-state index in [2.05, 4.69) is 15.2 Å². The lowest BCUT2D eigenvalue weighted by Gasteiger charge is -2.12. The van der Waals surface area contributed by atoms with Gasteiger partial charge < -0.3 is 9.47 Å². The van der Waals surface area contributed by atoms with Gasteiger partial charge in [-0.05, 0) is 41.5 Å². The van der Waals surface area contributed by atoms with Crippen LogP contribution in [0.2, 0.25) is 10.0 Å². The number of rotatable bonds is 7. The highest BCUT2D eigenvalue weighted by molar-refractivity contribution is 6.34. The molecule has 0 bridgehead atoms. The summed E-state index contributed by atoms with van der Waals surface area (Å²) in [5.41, 5.74) is 1.62. The van der Waals surface area contributed by atoms with Gasteiger partial charge in [-0.2, -0.15) is 0 Å². The molecular weight excluding hydrogens is 444 g/mol. The minimum atomic E-state index is -0.811. The van der Waals surface area contributed by atoms with Gasteiger partial charge in [0.15, 0.2) is 23.0 Å². The molecule has 0 aliphatic heterocycles. The van der Waals surface area contributed by atoms with E-state index >= 15 is 4.39 Å². The minimum Gasteiger partial charge on any atom is -0.486 e. The van der Waals surface area contributed by atoms with Crippen molar-refractivity contribution in [3.8, 4) is 11.6 Å². The number of nitrogens with zero attached hydrogens (tertiary/aromatic N) is 2. The number of fused-ring (bicyclic) bond motifs is 1. The second-order valence-corrected chi connectivity index (χ2v) is 7.57. The Labute approximate surface area is 186 Å². The minimum absolute atomic E-state index is 0.00698. The fraction of sp³-hybridized carbons (Fsp3) is 0.136. The van der Waals surface area contributed by atoms with Gasteiger partial charge in [-0.1, -0.05) is 35.3 Å². The molecule has 9 heteroatoms. The monoisotopic (exact) mass is 459 g/mol. The second kappa shape index (κ2) is 8.91. The molecule has 0 aliphatic rings. The van der Waals surface area contributed by atoms with Crippen molar-refractivity contribution >= 4 is 40.0 Å². The van der Waals surface area contributed by atoms with Gasteiger partial charge in [-0.25, -0.2) is 9.37 Å². The smallest absolute Gasteiger partial charge is 0.241 e. The summed E-state index contributed by atoms with van der Waals surface area (Å²) in [6, 6.07) is 11.6. The number of H-pyrrole nitrogens is 1. The first-order chi connectivity index (χ1) is 15.0. The largest absolute Gasteiger partial charge is 0.486 e. The molecule has 2 aromatic carbocycles. The Kier molecular flexibility index (Phi) is 6.06. The normalized spacial score (nSPS) is 11.0. The number of carbonyl (C=O) groups excluding carboxylic acids is 1. The number of aromatic amines is 1. The summed E-state index contributed by atoms with van der Waals surface area (Å²) in [6.07, 6.45) is 1.41. The number of pyridine rings is 1. The first-order valence-corrected chi connectivity index (χ1v) is 9.97. The van der Waals surface area contributed by atoms with Crippen LogP contribution in [0.25, 0.3) is 11.0 Å². The van der Waals surface area contributed by atoms with E-state index in [1.807, 2.05) is 0 Å². The summed E-state index contributed by atoms with van der Waals surface area (Å²) in [4.78, 5) is 17.1. The molecule has 4 aromatic rings. The lowest BCUT2D eigenvalue weighted by atomic mass is 10.0. The van der Waals surface area contributed by atoms with Crippen molar-refractivity contribution in [2.45, 2.75) is 13.0 Å². The molecule has 1 N–H and O–H groups in total. The highest BCUT2D eigenvalue weighted by atomic mass is 35.5. The van der Waals surface area contributed by atoms with Gasteiger partial charge in [0.05, 0.1) is 23.1 Å². The van der Waals surface area contributed by atoms with Crippen LogP contribution in [0.3, 0.4) is 0 Å². The van der Waals surface area contributed by atoms with Gasteiger partial charge in [0.25, 0.3) is 0 Å². The molecule has 0 saturated carbocycles. The maximum Gasteiger partial charge on any atom is 0.241 e. The first-order valence-electron chi connectivity index (χ1n) is 9.21. The molecule has 0 radical (unpaired) electrons. The fourth-order valence-electron chi connectivity index (χ4n) is 3.14. The van der Waals surface area contributed by atoms with Crippen molar-refractivity contribution in [2.24, 2.45) is 0 Å². The van der Waals surface area contributed by atoms with Crippen LogP contribution in [0.1, 0.15) is 21.5 Å². The van der Waals surface area contributed by atoms with Crippen LogP contribution in [0.4, 0.5) is 4.39 Å². The molecule has 31 heavy (non-hydrogen) atoms. The Bertz CT molecular complexity index is 1280. The van der Waals surface area contributed by atoms with E-state index in [0.717, 1.165) is 5.56 Å². The molecule has 0 amide bonds. The van der Waals surface area contributed by atoms with E-state index in [9.17, 15) is 4.79 Å². The van der Waals surface area contributed by atoms with Crippen molar-refractivity contribution in [1.82, 2.24) is 15.2 Å². The number of ether oxygens (including phenoxy) is 2. The van der Waals surface area contributed by atoms with Crippen LogP contribution in [0.15, 0.2) is 48.7 Å². The van der Waals surface area contributed by atoms with E-state index < -0.39 is 11.6 Å². The molecule has 158 valence electrons.